The molecule has 0 aliphatic rings. The molecule has 0 bridgehead atoms. The summed E-state index contributed by atoms with van der Waals surface area (Å²) in [7, 11) is 0. The van der Waals surface area contributed by atoms with Gasteiger partial charge in [-0.05, 0) is 13.8 Å². The van der Waals surface area contributed by atoms with E-state index in [0.29, 0.717) is 0 Å². The molecule has 0 aromatic carbocycles. The Labute approximate surface area is 83.5 Å². The molecule has 0 aliphatic carbocycles. The predicted molar refractivity (Wildman–Crippen MR) is 37.9 cm³/mol. The van der Waals surface area contributed by atoms with Gasteiger partial charge in [-0.1, -0.05) is 0 Å². The van der Waals surface area contributed by atoms with E-state index in [1.54, 1.807) is 13.8 Å². The summed E-state index contributed by atoms with van der Waals surface area (Å²) in [6, 6.07) is 0. The summed E-state index contributed by atoms with van der Waals surface area (Å²) in [4.78, 5) is 21.2. The first kappa shape index (κ1) is 14.1. The third-order valence-electron chi connectivity index (χ3n) is 0.899. The topological polar surface area (TPSA) is 52.6 Å². The van der Waals surface area contributed by atoms with E-state index in [2.05, 4.69) is 9.47 Å². The van der Waals surface area contributed by atoms with Gasteiger partial charge in [-0.2, -0.15) is 0 Å². The normalized spacial score (nSPS) is 8.17. The fourth-order valence-corrected chi connectivity index (χ4v) is 0.542. The zero-order chi connectivity index (χ0) is 8.69. The molecule has 1 radical (unpaired) electrons. The molecule has 0 saturated heterocycles. The van der Waals surface area contributed by atoms with Crippen LogP contribution in [0.25, 0.3) is 0 Å². The van der Waals surface area contributed by atoms with Crippen molar-refractivity contribution in [3.05, 3.63) is 0 Å². The summed E-state index contributed by atoms with van der Waals surface area (Å²) in [5, 5.41) is 0. The van der Waals surface area contributed by atoms with Crippen LogP contribution in [0.3, 0.4) is 0 Å². The fourth-order valence-electron chi connectivity index (χ4n) is 0.542. The van der Waals surface area contributed by atoms with E-state index in [1.165, 1.54) is 0 Å². The molecular formula is C7H12O4V. The monoisotopic (exact) mass is 211 g/mol. The third-order valence-corrected chi connectivity index (χ3v) is 0.899. The quantitative estimate of drug-likeness (QED) is 0.502. The van der Waals surface area contributed by atoms with Gasteiger partial charge in [-0.15, -0.1) is 0 Å². The summed E-state index contributed by atoms with van der Waals surface area (Å²) in [6.45, 7) is 3.95. The van der Waals surface area contributed by atoms with Gasteiger partial charge in [0.15, 0.2) is 0 Å². The molecule has 0 aromatic heterocycles. The summed E-state index contributed by atoms with van der Waals surface area (Å²) >= 11 is 0. The van der Waals surface area contributed by atoms with Crippen LogP contribution >= 0.6 is 0 Å². The molecule has 0 N–H and O–H groups in total. The Balaban J connectivity index is 0. The van der Waals surface area contributed by atoms with Crippen molar-refractivity contribution in [3.63, 3.8) is 0 Å². The second-order valence-electron chi connectivity index (χ2n) is 1.79. The molecule has 0 spiro atoms. The average Bonchev–Trinajstić information content (AvgIpc) is 1.87. The number of esters is 2. The van der Waals surface area contributed by atoms with Crippen LogP contribution in [0, 0.1) is 0 Å². The van der Waals surface area contributed by atoms with Gasteiger partial charge in [0.2, 0.25) is 0 Å². The van der Waals surface area contributed by atoms with E-state index in [-0.39, 0.29) is 38.2 Å². The molecule has 0 aliphatic heterocycles. The van der Waals surface area contributed by atoms with Crippen molar-refractivity contribution in [2.45, 2.75) is 20.3 Å². The Morgan fingerprint density at radius 1 is 1.00 bits per heavy atom. The molecule has 4 nitrogen and oxygen atoms in total. The van der Waals surface area contributed by atoms with E-state index in [9.17, 15) is 9.59 Å². The molecule has 69 valence electrons. The Bertz CT molecular complexity index is 130. The van der Waals surface area contributed by atoms with Crippen LogP contribution in [0.1, 0.15) is 20.3 Å². The molecular weight excluding hydrogens is 199 g/mol. The zero-order valence-corrected chi connectivity index (χ0v) is 8.60. The Kier molecular flexibility index (Phi) is 10.1. The Morgan fingerprint density at radius 3 is 1.58 bits per heavy atom. The van der Waals surface area contributed by atoms with E-state index in [4.69, 9.17) is 0 Å². The minimum atomic E-state index is -0.536. The van der Waals surface area contributed by atoms with E-state index < -0.39 is 11.9 Å². The number of ether oxygens (including phenoxy) is 2. The van der Waals surface area contributed by atoms with Crippen molar-refractivity contribution >= 4 is 11.9 Å². The average molecular weight is 211 g/mol. The van der Waals surface area contributed by atoms with Crippen LogP contribution in [0.5, 0.6) is 0 Å². The van der Waals surface area contributed by atoms with Crippen LogP contribution in [-0.4, -0.2) is 25.2 Å². The van der Waals surface area contributed by atoms with E-state index in [1.807, 2.05) is 0 Å². The van der Waals surface area contributed by atoms with E-state index >= 15 is 0 Å². The SMILES string of the molecule is CCOC(=O)CC(=O)OCC.[V]. The molecule has 0 amide bonds. The van der Waals surface area contributed by atoms with Gasteiger partial charge in [0, 0.05) is 18.6 Å². The largest absolute Gasteiger partial charge is 0.466 e. The number of hydrogen-bond acceptors (Lipinski definition) is 4. The predicted octanol–water partition coefficient (Wildman–Crippen LogP) is 0.500. The number of carbonyl (C=O) groups excluding carboxylic acids is 2. The van der Waals surface area contributed by atoms with Crippen LogP contribution in [0.15, 0.2) is 0 Å². The van der Waals surface area contributed by atoms with Crippen molar-refractivity contribution in [2.75, 3.05) is 13.2 Å². The maximum atomic E-state index is 10.6. The first-order valence-electron chi connectivity index (χ1n) is 3.52. The molecule has 0 rings (SSSR count). The smallest absolute Gasteiger partial charge is 0.317 e. The Morgan fingerprint density at radius 2 is 1.33 bits per heavy atom. The first-order chi connectivity index (χ1) is 5.20. The van der Waals surface area contributed by atoms with Crippen LogP contribution in [0.4, 0.5) is 0 Å². The van der Waals surface area contributed by atoms with Gasteiger partial charge in [0.25, 0.3) is 0 Å². The first-order valence-corrected chi connectivity index (χ1v) is 3.52. The van der Waals surface area contributed by atoms with E-state index in [0.717, 1.165) is 0 Å². The molecule has 12 heavy (non-hydrogen) atoms. The second-order valence-corrected chi connectivity index (χ2v) is 1.79. The maximum absolute atomic E-state index is 10.6. The molecule has 0 heterocycles. The minimum absolute atomic E-state index is 0. The Hall–Kier alpha value is -0.476. The van der Waals surface area contributed by atoms with Crippen molar-refractivity contribution < 1.29 is 37.6 Å². The van der Waals surface area contributed by atoms with Gasteiger partial charge in [-0.25, -0.2) is 0 Å². The summed E-state index contributed by atoms with van der Waals surface area (Å²) in [5.74, 6) is -1.07. The molecule has 5 heteroatoms. The summed E-state index contributed by atoms with van der Waals surface area (Å²) in [6.07, 6.45) is -0.290. The summed E-state index contributed by atoms with van der Waals surface area (Å²) < 4.78 is 9.04. The fraction of sp³-hybridized carbons (Fsp3) is 0.714. The molecule has 0 atom stereocenters. The van der Waals surface area contributed by atoms with Crippen molar-refractivity contribution in [1.29, 1.82) is 0 Å². The molecule has 0 saturated carbocycles. The molecule has 0 fully saturated rings. The van der Waals surface area contributed by atoms with Gasteiger partial charge in [0.1, 0.15) is 6.42 Å². The minimum Gasteiger partial charge on any atom is -0.466 e. The van der Waals surface area contributed by atoms with Crippen LogP contribution in [-0.2, 0) is 37.6 Å². The maximum Gasteiger partial charge on any atom is 0.317 e. The van der Waals surface area contributed by atoms with Crippen molar-refractivity contribution in [3.8, 4) is 0 Å². The van der Waals surface area contributed by atoms with Crippen LogP contribution < -0.4 is 0 Å². The second kappa shape index (κ2) is 8.62. The zero-order valence-electron chi connectivity index (χ0n) is 7.20. The number of hydrogen-bond donors (Lipinski definition) is 0. The number of carbonyl (C=O) groups is 2. The van der Waals surface area contributed by atoms with Crippen molar-refractivity contribution in [2.24, 2.45) is 0 Å². The van der Waals surface area contributed by atoms with Gasteiger partial charge < -0.3 is 9.47 Å². The molecule has 0 unspecified atom stereocenters. The van der Waals surface area contributed by atoms with Gasteiger partial charge in [0.05, 0.1) is 13.2 Å². The van der Waals surface area contributed by atoms with Crippen molar-refractivity contribution in [1.82, 2.24) is 0 Å². The number of rotatable bonds is 4. The summed E-state index contributed by atoms with van der Waals surface area (Å²) in [5.41, 5.74) is 0. The third kappa shape index (κ3) is 7.63. The molecule has 0 aromatic rings. The van der Waals surface area contributed by atoms with Gasteiger partial charge >= 0.3 is 11.9 Å². The van der Waals surface area contributed by atoms with Crippen LogP contribution in [0.2, 0.25) is 0 Å². The van der Waals surface area contributed by atoms with Gasteiger partial charge in [-0.3, -0.25) is 9.59 Å². The standard InChI is InChI=1S/C7H12O4.V/c1-3-10-6(8)5-7(9)11-4-2;/h3-5H2,1-2H3;.